The van der Waals surface area contributed by atoms with Gasteiger partial charge in [0.15, 0.2) is 0 Å². The minimum atomic E-state index is -0.488. The van der Waals surface area contributed by atoms with E-state index in [0.29, 0.717) is 5.56 Å². The maximum atomic E-state index is 12.1. The Morgan fingerprint density at radius 1 is 1.53 bits per heavy atom. The maximum absolute atomic E-state index is 12.1. The summed E-state index contributed by atoms with van der Waals surface area (Å²) in [6, 6.07) is 4.45. The highest BCUT2D eigenvalue weighted by Gasteiger charge is 2.19. The van der Waals surface area contributed by atoms with Gasteiger partial charge in [0.1, 0.15) is 0 Å². The van der Waals surface area contributed by atoms with E-state index in [1.807, 2.05) is 0 Å². The molecule has 1 aliphatic heterocycles. The van der Waals surface area contributed by atoms with E-state index in [2.05, 4.69) is 10.6 Å². The standard InChI is InChI=1S/C13H17N3O3/c1-9-4-5-11(16(18)19)7-12(9)13(17)15-10-3-2-6-14-8-10/h4-5,7,10,14H,2-3,6,8H2,1H3,(H,15,17). The second kappa shape index (κ2) is 5.79. The highest BCUT2D eigenvalue weighted by atomic mass is 16.6. The molecule has 19 heavy (non-hydrogen) atoms. The van der Waals surface area contributed by atoms with Crippen molar-refractivity contribution in [3.63, 3.8) is 0 Å². The number of non-ortho nitro benzene ring substituents is 1. The molecule has 2 N–H and O–H groups in total. The molecule has 6 heteroatoms. The first-order chi connectivity index (χ1) is 9.08. The van der Waals surface area contributed by atoms with E-state index < -0.39 is 4.92 Å². The molecule has 1 heterocycles. The summed E-state index contributed by atoms with van der Waals surface area (Å²) in [5, 5.41) is 16.9. The van der Waals surface area contributed by atoms with E-state index in [0.717, 1.165) is 31.5 Å². The number of carbonyl (C=O) groups excluding carboxylic acids is 1. The molecule has 0 saturated carbocycles. The fourth-order valence-electron chi connectivity index (χ4n) is 2.21. The quantitative estimate of drug-likeness (QED) is 0.637. The van der Waals surface area contributed by atoms with Gasteiger partial charge in [-0.15, -0.1) is 0 Å². The number of nitro benzene ring substituents is 1. The van der Waals surface area contributed by atoms with Crippen LogP contribution in [0, 0.1) is 17.0 Å². The lowest BCUT2D eigenvalue weighted by molar-refractivity contribution is -0.384. The Morgan fingerprint density at radius 2 is 2.32 bits per heavy atom. The molecule has 6 nitrogen and oxygen atoms in total. The molecule has 0 aliphatic carbocycles. The van der Waals surface area contributed by atoms with Gasteiger partial charge in [-0.1, -0.05) is 6.07 Å². The number of nitro groups is 1. The summed E-state index contributed by atoms with van der Waals surface area (Å²) < 4.78 is 0. The van der Waals surface area contributed by atoms with Crippen LogP contribution < -0.4 is 10.6 Å². The minimum absolute atomic E-state index is 0.0579. The van der Waals surface area contributed by atoms with Crippen LogP contribution >= 0.6 is 0 Å². The number of amides is 1. The first-order valence-corrected chi connectivity index (χ1v) is 6.34. The van der Waals surface area contributed by atoms with Gasteiger partial charge < -0.3 is 10.6 Å². The molecule has 1 aromatic carbocycles. The molecule has 0 radical (unpaired) electrons. The van der Waals surface area contributed by atoms with Gasteiger partial charge in [0, 0.05) is 30.3 Å². The van der Waals surface area contributed by atoms with Crippen LogP contribution in [0.2, 0.25) is 0 Å². The van der Waals surface area contributed by atoms with Gasteiger partial charge in [-0.3, -0.25) is 14.9 Å². The largest absolute Gasteiger partial charge is 0.348 e. The molecule has 0 spiro atoms. The summed E-state index contributed by atoms with van der Waals surface area (Å²) in [4.78, 5) is 22.4. The average Bonchev–Trinajstić information content (AvgIpc) is 2.40. The monoisotopic (exact) mass is 263 g/mol. The van der Waals surface area contributed by atoms with E-state index >= 15 is 0 Å². The van der Waals surface area contributed by atoms with Crippen molar-refractivity contribution >= 4 is 11.6 Å². The second-order valence-corrected chi connectivity index (χ2v) is 4.77. The van der Waals surface area contributed by atoms with Gasteiger partial charge in [-0.25, -0.2) is 0 Å². The third kappa shape index (κ3) is 3.29. The predicted molar refractivity (Wildman–Crippen MR) is 71.2 cm³/mol. The Morgan fingerprint density at radius 3 is 2.95 bits per heavy atom. The third-order valence-corrected chi connectivity index (χ3v) is 3.31. The molecule has 102 valence electrons. The Balaban J connectivity index is 2.13. The summed E-state index contributed by atoms with van der Waals surface area (Å²) in [6.45, 7) is 3.50. The normalized spacial score (nSPS) is 18.9. The lowest BCUT2D eigenvalue weighted by Gasteiger charge is -2.24. The Hall–Kier alpha value is -1.95. The molecule has 1 fully saturated rings. The summed E-state index contributed by atoms with van der Waals surface area (Å²) in [5.41, 5.74) is 1.06. The molecule has 2 rings (SSSR count). The number of nitrogens with zero attached hydrogens (tertiary/aromatic N) is 1. The number of rotatable bonds is 3. The first-order valence-electron chi connectivity index (χ1n) is 6.34. The van der Waals surface area contributed by atoms with Crippen molar-refractivity contribution in [1.29, 1.82) is 0 Å². The Bertz CT molecular complexity index is 496. The summed E-state index contributed by atoms with van der Waals surface area (Å²) in [6.07, 6.45) is 1.96. The van der Waals surface area contributed by atoms with Crippen molar-refractivity contribution in [3.8, 4) is 0 Å². The van der Waals surface area contributed by atoms with Crippen LogP contribution in [0.5, 0.6) is 0 Å². The molecule has 1 aromatic rings. The van der Waals surface area contributed by atoms with E-state index in [1.54, 1.807) is 13.0 Å². The van der Waals surface area contributed by atoms with Gasteiger partial charge >= 0.3 is 0 Å². The number of hydrogen-bond acceptors (Lipinski definition) is 4. The molecule has 1 amide bonds. The first kappa shape index (κ1) is 13.5. The molecule has 0 bridgehead atoms. The molecule has 1 aliphatic rings. The fraction of sp³-hybridized carbons (Fsp3) is 0.462. The summed E-state index contributed by atoms with van der Waals surface area (Å²) in [5.74, 6) is -0.241. The van der Waals surface area contributed by atoms with Gasteiger partial charge in [0.25, 0.3) is 11.6 Å². The van der Waals surface area contributed by atoms with Crippen LogP contribution in [-0.2, 0) is 0 Å². The van der Waals surface area contributed by atoms with Gasteiger partial charge in [0.05, 0.1) is 4.92 Å². The van der Waals surface area contributed by atoms with Gasteiger partial charge in [-0.05, 0) is 31.9 Å². The van der Waals surface area contributed by atoms with E-state index in [-0.39, 0.29) is 17.6 Å². The summed E-state index contributed by atoms with van der Waals surface area (Å²) in [7, 11) is 0. The van der Waals surface area contributed by atoms with E-state index in [1.165, 1.54) is 12.1 Å². The lowest BCUT2D eigenvalue weighted by Crippen LogP contribution is -2.45. The SMILES string of the molecule is Cc1ccc([N+](=O)[O-])cc1C(=O)NC1CCCNC1. The van der Waals surface area contributed by atoms with E-state index in [4.69, 9.17) is 0 Å². The van der Waals surface area contributed by atoms with Crippen molar-refractivity contribution in [2.24, 2.45) is 0 Å². The number of piperidine rings is 1. The third-order valence-electron chi connectivity index (χ3n) is 3.31. The van der Waals surface area contributed by atoms with Crippen LogP contribution in [0.15, 0.2) is 18.2 Å². The fourth-order valence-corrected chi connectivity index (χ4v) is 2.21. The van der Waals surface area contributed by atoms with Crippen LogP contribution in [0.25, 0.3) is 0 Å². The zero-order valence-electron chi connectivity index (χ0n) is 10.8. The Labute approximate surface area is 111 Å². The zero-order chi connectivity index (χ0) is 13.8. The Kier molecular flexibility index (Phi) is 4.11. The van der Waals surface area contributed by atoms with Crippen LogP contribution in [-0.4, -0.2) is 30.0 Å². The summed E-state index contributed by atoms with van der Waals surface area (Å²) >= 11 is 0. The van der Waals surface area contributed by atoms with Crippen molar-refractivity contribution in [3.05, 3.63) is 39.4 Å². The van der Waals surface area contributed by atoms with Crippen molar-refractivity contribution in [1.82, 2.24) is 10.6 Å². The minimum Gasteiger partial charge on any atom is -0.348 e. The van der Waals surface area contributed by atoms with Crippen molar-refractivity contribution in [2.45, 2.75) is 25.8 Å². The molecule has 0 aromatic heterocycles. The van der Waals surface area contributed by atoms with Crippen molar-refractivity contribution < 1.29 is 9.72 Å². The van der Waals surface area contributed by atoms with Crippen LogP contribution in [0.4, 0.5) is 5.69 Å². The number of nitrogens with one attached hydrogen (secondary N) is 2. The van der Waals surface area contributed by atoms with Gasteiger partial charge in [-0.2, -0.15) is 0 Å². The maximum Gasteiger partial charge on any atom is 0.270 e. The van der Waals surface area contributed by atoms with Crippen LogP contribution in [0.1, 0.15) is 28.8 Å². The average molecular weight is 263 g/mol. The van der Waals surface area contributed by atoms with Gasteiger partial charge in [0.2, 0.25) is 0 Å². The molecule has 1 saturated heterocycles. The number of carbonyl (C=O) groups is 1. The molecular weight excluding hydrogens is 246 g/mol. The van der Waals surface area contributed by atoms with E-state index in [9.17, 15) is 14.9 Å². The van der Waals surface area contributed by atoms with Crippen molar-refractivity contribution in [2.75, 3.05) is 13.1 Å². The number of hydrogen-bond donors (Lipinski definition) is 2. The molecular formula is C13H17N3O3. The number of aryl methyl sites for hydroxylation is 1. The zero-order valence-corrected chi connectivity index (χ0v) is 10.8. The van der Waals surface area contributed by atoms with Crippen LogP contribution in [0.3, 0.4) is 0 Å². The number of benzene rings is 1. The molecule has 1 atom stereocenters. The predicted octanol–water partition coefficient (Wildman–Crippen LogP) is 1.39. The molecule has 1 unspecified atom stereocenters. The smallest absolute Gasteiger partial charge is 0.270 e. The topological polar surface area (TPSA) is 84.3 Å². The lowest BCUT2D eigenvalue weighted by atomic mass is 10.0. The highest BCUT2D eigenvalue weighted by molar-refractivity contribution is 5.96. The second-order valence-electron chi connectivity index (χ2n) is 4.77. The highest BCUT2D eigenvalue weighted by Crippen LogP contribution is 2.17.